The van der Waals surface area contributed by atoms with Crippen LogP contribution in [0.5, 0.6) is 0 Å². The van der Waals surface area contributed by atoms with Crippen molar-refractivity contribution in [3.63, 3.8) is 0 Å². The highest BCUT2D eigenvalue weighted by Gasteiger charge is 2.17. The average molecular weight is 276 g/mol. The van der Waals surface area contributed by atoms with E-state index >= 15 is 0 Å². The molecule has 2 atom stereocenters. The van der Waals surface area contributed by atoms with Crippen molar-refractivity contribution in [1.29, 1.82) is 0 Å². The second kappa shape index (κ2) is 6.58. The minimum atomic E-state index is -1.42. The predicted molar refractivity (Wildman–Crippen MR) is 64.3 cm³/mol. The van der Waals surface area contributed by atoms with Gasteiger partial charge in [0.1, 0.15) is 11.6 Å². The summed E-state index contributed by atoms with van der Waals surface area (Å²) in [6.45, 7) is 1.62. The van der Waals surface area contributed by atoms with Crippen LogP contribution < -0.4 is 0 Å². The quantitative estimate of drug-likeness (QED) is 0.774. The second-order valence-electron chi connectivity index (χ2n) is 3.85. The van der Waals surface area contributed by atoms with E-state index in [1.807, 2.05) is 0 Å². The highest BCUT2D eigenvalue weighted by atomic mass is 32.2. The van der Waals surface area contributed by atoms with E-state index in [9.17, 15) is 17.8 Å². The van der Waals surface area contributed by atoms with Crippen LogP contribution in [-0.2, 0) is 26.1 Å². The van der Waals surface area contributed by atoms with Crippen molar-refractivity contribution in [3.05, 3.63) is 35.4 Å². The second-order valence-corrected chi connectivity index (χ2v) is 5.71. The molecule has 0 amide bonds. The lowest BCUT2D eigenvalue weighted by molar-refractivity contribution is -0.140. The van der Waals surface area contributed by atoms with E-state index < -0.39 is 33.7 Å². The van der Waals surface area contributed by atoms with Crippen LogP contribution in [-0.4, -0.2) is 22.5 Å². The Morgan fingerprint density at radius 3 is 2.67 bits per heavy atom. The van der Waals surface area contributed by atoms with E-state index in [1.165, 1.54) is 13.2 Å². The fourth-order valence-electron chi connectivity index (χ4n) is 1.35. The molecule has 0 aliphatic rings. The van der Waals surface area contributed by atoms with E-state index in [0.29, 0.717) is 0 Å². The highest BCUT2D eigenvalue weighted by molar-refractivity contribution is 7.84. The standard InChI is InChI=1S/C12H14F2O3S/c1-8(5-12(15)17-2)18(16)7-9-3-4-10(13)6-11(9)14/h3-4,6,8H,5,7H2,1-2H3. The maximum atomic E-state index is 13.3. The molecule has 0 saturated carbocycles. The third kappa shape index (κ3) is 4.18. The van der Waals surface area contributed by atoms with Gasteiger partial charge in [-0.05, 0) is 6.07 Å². The molecule has 0 aliphatic heterocycles. The number of methoxy groups -OCH3 is 1. The topological polar surface area (TPSA) is 43.4 Å². The summed E-state index contributed by atoms with van der Waals surface area (Å²) in [5, 5.41) is -0.443. The van der Waals surface area contributed by atoms with Crippen molar-refractivity contribution in [2.45, 2.75) is 24.3 Å². The number of esters is 1. The lowest BCUT2D eigenvalue weighted by Gasteiger charge is -2.10. The zero-order chi connectivity index (χ0) is 13.7. The Bertz CT molecular complexity index is 463. The Balaban J connectivity index is 2.66. The van der Waals surface area contributed by atoms with Gasteiger partial charge in [0.15, 0.2) is 0 Å². The van der Waals surface area contributed by atoms with Gasteiger partial charge in [-0.25, -0.2) is 8.78 Å². The van der Waals surface area contributed by atoms with Crippen molar-refractivity contribution >= 4 is 16.8 Å². The first-order chi connectivity index (χ1) is 8.43. The molecule has 1 rings (SSSR count). The average Bonchev–Trinajstić information content (AvgIpc) is 2.32. The van der Waals surface area contributed by atoms with Crippen LogP contribution in [0.4, 0.5) is 8.78 Å². The van der Waals surface area contributed by atoms with E-state index in [4.69, 9.17) is 0 Å². The van der Waals surface area contributed by atoms with Crippen LogP contribution in [0, 0.1) is 11.6 Å². The molecule has 2 unspecified atom stereocenters. The molecule has 0 aromatic heterocycles. The number of ether oxygens (including phenoxy) is 1. The smallest absolute Gasteiger partial charge is 0.306 e. The fourth-order valence-corrected chi connectivity index (χ4v) is 2.49. The molecular weight excluding hydrogens is 262 g/mol. The number of benzene rings is 1. The maximum Gasteiger partial charge on any atom is 0.306 e. The molecule has 0 saturated heterocycles. The van der Waals surface area contributed by atoms with Gasteiger partial charge in [-0.15, -0.1) is 0 Å². The van der Waals surface area contributed by atoms with Crippen LogP contribution in [0.1, 0.15) is 18.9 Å². The summed E-state index contributed by atoms with van der Waals surface area (Å²) in [5.74, 6) is -1.92. The molecule has 0 fully saturated rings. The molecule has 0 radical (unpaired) electrons. The van der Waals surface area contributed by atoms with Gasteiger partial charge in [0.05, 0.1) is 19.3 Å². The maximum absolute atomic E-state index is 13.3. The van der Waals surface area contributed by atoms with Gasteiger partial charge in [0, 0.05) is 27.7 Å². The molecule has 1 aromatic rings. The van der Waals surface area contributed by atoms with Crippen molar-refractivity contribution in [2.24, 2.45) is 0 Å². The van der Waals surface area contributed by atoms with Gasteiger partial charge in [-0.3, -0.25) is 9.00 Å². The van der Waals surface area contributed by atoms with Crippen molar-refractivity contribution < 1.29 is 22.5 Å². The number of carbonyl (C=O) groups excluding carboxylic acids is 1. The lowest BCUT2D eigenvalue weighted by Crippen LogP contribution is -2.18. The summed E-state index contributed by atoms with van der Waals surface area (Å²) < 4.78 is 42.3. The molecule has 100 valence electrons. The van der Waals surface area contributed by atoms with Crippen molar-refractivity contribution in [1.82, 2.24) is 0 Å². The normalized spacial score (nSPS) is 14.0. The van der Waals surface area contributed by atoms with E-state index in [0.717, 1.165) is 12.1 Å². The molecule has 6 heteroatoms. The zero-order valence-corrected chi connectivity index (χ0v) is 10.9. The largest absolute Gasteiger partial charge is 0.469 e. The Labute approximate surface area is 107 Å². The Hall–Kier alpha value is -1.30. The van der Waals surface area contributed by atoms with Gasteiger partial charge in [0.2, 0.25) is 0 Å². The van der Waals surface area contributed by atoms with E-state index in [2.05, 4.69) is 4.74 Å². The van der Waals surface area contributed by atoms with Crippen LogP contribution in [0.15, 0.2) is 18.2 Å². The zero-order valence-electron chi connectivity index (χ0n) is 10.1. The van der Waals surface area contributed by atoms with Gasteiger partial charge >= 0.3 is 5.97 Å². The monoisotopic (exact) mass is 276 g/mol. The van der Waals surface area contributed by atoms with Gasteiger partial charge in [0.25, 0.3) is 0 Å². The van der Waals surface area contributed by atoms with Crippen molar-refractivity contribution in [3.8, 4) is 0 Å². The summed E-state index contributed by atoms with van der Waals surface area (Å²) in [6.07, 6.45) is 0.00588. The molecule has 0 spiro atoms. The summed E-state index contributed by atoms with van der Waals surface area (Å²) in [5.41, 5.74) is 0.173. The Morgan fingerprint density at radius 1 is 1.44 bits per heavy atom. The van der Waals surface area contributed by atoms with Crippen LogP contribution in [0.25, 0.3) is 0 Å². The predicted octanol–water partition coefficient (Wildman–Crippen LogP) is 2.17. The molecule has 0 aliphatic carbocycles. The lowest BCUT2D eigenvalue weighted by atomic mass is 10.2. The molecule has 0 heterocycles. The highest BCUT2D eigenvalue weighted by Crippen LogP contribution is 2.14. The van der Waals surface area contributed by atoms with E-state index in [1.54, 1.807) is 6.92 Å². The molecule has 3 nitrogen and oxygen atoms in total. The van der Waals surface area contributed by atoms with Crippen LogP contribution in [0.2, 0.25) is 0 Å². The minimum absolute atomic E-state index is 0.00588. The summed E-state index contributed by atoms with van der Waals surface area (Å²) in [4.78, 5) is 11.0. The first-order valence-corrected chi connectivity index (χ1v) is 6.70. The van der Waals surface area contributed by atoms with E-state index in [-0.39, 0.29) is 17.7 Å². The molecule has 0 N–H and O–H groups in total. The minimum Gasteiger partial charge on any atom is -0.469 e. The van der Waals surface area contributed by atoms with Crippen LogP contribution in [0.3, 0.4) is 0 Å². The molecule has 1 aromatic carbocycles. The van der Waals surface area contributed by atoms with Gasteiger partial charge in [-0.2, -0.15) is 0 Å². The number of rotatable bonds is 5. The number of halogens is 2. The van der Waals surface area contributed by atoms with Gasteiger partial charge in [-0.1, -0.05) is 13.0 Å². The number of hydrogen-bond acceptors (Lipinski definition) is 3. The fraction of sp³-hybridized carbons (Fsp3) is 0.417. The Kier molecular flexibility index (Phi) is 5.40. The first-order valence-electron chi connectivity index (χ1n) is 5.32. The first kappa shape index (κ1) is 14.8. The van der Waals surface area contributed by atoms with Crippen LogP contribution >= 0.6 is 0 Å². The van der Waals surface area contributed by atoms with Gasteiger partial charge < -0.3 is 4.74 Å². The third-order valence-corrected chi connectivity index (χ3v) is 4.10. The number of carbonyl (C=O) groups is 1. The van der Waals surface area contributed by atoms with Crippen molar-refractivity contribution in [2.75, 3.05) is 7.11 Å². The summed E-state index contributed by atoms with van der Waals surface area (Å²) >= 11 is 0. The number of hydrogen-bond donors (Lipinski definition) is 0. The molecular formula is C12H14F2O3S. The summed E-state index contributed by atoms with van der Waals surface area (Å²) in [6, 6.07) is 3.12. The SMILES string of the molecule is COC(=O)CC(C)S(=O)Cc1ccc(F)cc1F. The molecule has 0 bridgehead atoms. The summed E-state index contributed by atoms with van der Waals surface area (Å²) in [7, 11) is -0.170. The molecule has 18 heavy (non-hydrogen) atoms. The third-order valence-electron chi connectivity index (χ3n) is 2.44. The Morgan fingerprint density at radius 2 is 2.11 bits per heavy atom.